The maximum Gasteiger partial charge on any atom is 0.422 e. The Morgan fingerprint density at radius 1 is 1.37 bits per heavy atom. The van der Waals surface area contributed by atoms with Crippen LogP contribution in [0, 0.1) is 6.92 Å². The van der Waals surface area contributed by atoms with Crippen LogP contribution in [-0.2, 0) is 14.9 Å². The Morgan fingerprint density at radius 3 is 2.58 bits per heavy atom. The number of carbonyl (C=O) groups excluding carboxylic acids is 1. The van der Waals surface area contributed by atoms with Crippen molar-refractivity contribution in [3.8, 4) is 0 Å². The van der Waals surface area contributed by atoms with Crippen molar-refractivity contribution in [1.29, 1.82) is 0 Å². The zero-order chi connectivity index (χ0) is 14.6. The lowest BCUT2D eigenvalue weighted by Gasteiger charge is -2.13. The highest BCUT2D eigenvalue weighted by atomic mass is 79.9. The highest BCUT2D eigenvalue weighted by Crippen LogP contribution is 2.26. The molecule has 0 radical (unpaired) electrons. The van der Waals surface area contributed by atoms with Crippen LogP contribution in [0.2, 0.25) is 0 Å². The lowest BCUT2D eigenvalue weighted by Crippen LogP contribution is -2.36. The highest BCUT2D eigenvalue weighted by Gasteiger charge is 2.17. The van der Waals surface area contributed by atoms with Crippen LogP contribution in [0.5, 0.6) is 0 Å². The van der Waals surface area contributed by atoms with E-state index in [2.05, 4.69) is 20.7 Å². The fraction of sp³-hybridized carbons (Fsp3) is 0.364. The summed E-state index contributed by atoms with van der Waals surface area (Å²) in [6, 6.07) is 5.09. The fourth-order valence-corrected chi connectivity index (χ4v) is 2.52. The number of anilines is 1. The van der Waals surface area contributed by atoms with Gasteiger partial charge < -0.3 is 4.74 Å². The van der Waals surface area contributed by atoms with Crippen molar-refractivity contribution in [2.45, 2.75) is 26.9 Å². The van der Waals surface area contributed by atoms with Crippen LogP contribution in [0.15, 0.2) is 22.7 Å². The number of hydrogen-bond donors (Lipinski definition) is 2. The molecule has 0 atom stereocenters. The number of benzene rings is 1. The molecule has 0 aromatic heterocycles. The zero-order valence-corrected chi connectivity index (χ0v) is 13.1. The molecule has 0 aliphatic heterocycles. The molecule has 0 spiro atoms. The van der Waals surface area contributed by atoms with Crippen molar-refractivity contribution in [1.82, 2.24) is 4.72 Å². The van der Waals surface area contributed by atoms with Gasteiger partial charge in [0.15, 0.2) is 0 Å². The summed E-state index contributed by atoms with van der Waals surface area (Å²) in [5, 5.41) is 0. The monoisotopic (exact) mass is 350 g/mol. The first-order valence-corrected chi connectivity index (χ1v) is 7.75. The second kappa shape index (κ2) is 6.25. The topological polar surface area (TPSA) is 84.5 Å². The molecule has 6 nitrogen and oxygen atoms in total. The smallest absolute Gasteiger partial charge is 0.422 e. The van der Waals surface area contributed by atoms with E-state index in [0.717, 1.165) is 5.56 Å². The number of hydrogen-bond acceptors (Lipinski definition) is 4. The largest absolute Gasteiger partial charge is 0.446 e. The predicted octanol–water partition coefficient (Wildman–Crippen LogP) is 2.55. The second-order valence-electron chi connectivity index (χ2n) is 4.10. The van der Waals surface area contributed by atoms with Crippen LogP contribution < -0.4 is 9.44 Å². The molecule has 0 heterocycles. The van der Waals surface area contributed by atoms with Crippen molar-refractivity contribution in [2.75, 3.05) is 4.72 Å². The minimum absolute atomic E-state index is 0.338. The lowest BCUT2D eigenvalue weighted by atomic mass is 10.2. The van der Waals surface area contributed by atoms with E-state index in [1.54, 1.807) is 30.7 Å². The van der Waals surface area contributed by atoms with Gasteiger partial charge in [0.2, 0.25) is 0 Å². The Labute approximate surface area is 120 Å². The molecule has 1 aromatic carbocycles. The number of nitrogens with one attached hydrogen (secondary N) is 2. The number of halogens is 1. The van der Waals surface area contributed by atoms with Gasteiger partial charge in [-0.2, -0.15) is 8.42 Å². The van der Waals surface area contributed by atoms with Crippen LogP contribution in [0.25, 0.3) is 0 Å². The van der Waals surface area contributed by atoms with Crippen LogP contribution in [-0.4, -0.2) is 20.6 Å². The molecule has 2 N–H and O–H groups in total. The molecule has 0 saturated carbocycles. The minimum atomic E-state index is -4.02. The predicted molar refractivity (Wildman–Crippen MR) is 76.2 cm³/mol. The molecule has 1 rings (SSSR count). The second-order valence-corrected chi connectivity index (χ2v) is 6.31. The summed E-state index contributed by atoms with van der Waals surface area (Å²) in [5.41, 5.74) is 1.20. The SMILES string of the molecule is Cc1cccc(NS(=O)(=O)NC(=O)OC(C)C)c1Br. The first-order chi connectivity index (χ1) is 8.71. The summed E-state index contributed by atoms with van der Waals surface area (Å²) < 4.78 is 32.7. The van der Waals surface area contributed by atoms with Gasteiger partial charge in [0, 0.05) is 4.47 Å². The van der Waals surface area contributed by atoms with Gasteiger partial charge in [-0.05, 0) is 48.3 Å². The average Bonchev–Trinajstić information content (AvgIpc) is 2.22. The van der Waals surface area contributed by atoms with Gasteiger partial charge in [0.05, 0.1) is 11.8 Å². The van der Waals surface area contributed by atoms with Crippen molar-refractivity contribution in [3.05, 3.63) is 28.2 Å². The summed E-state index contributed by atoms with van der Waals surface area (Å²) in [5.74, 6) is 0. The van der Waals surface area contributed by atoms with Crippen LogP contribution in [0.3, 0.4) is 0 Å². The van der Waals surface area contributed by atoms with Gasteiger partial charge in [-0.15, -0.1) is 0 Å². The van der Waals surface area contributed by atoms with Gasteiger partial charge in [-0.1, -0.05) is 12.1 Å². The fourth-order valence-electron chi connectivity index (χ4n) is 1.24. The third kappa shape index (κ3) is 5.07. The summed E-state index contributed by atoms with van der Waals surface area (Å²) in [4.78, 5) is 11.2. The first-order valence-electron chi connectivity index (χ1n) is 5.47. The molecule has 0 aliphatic carbocycles. The molecule has 0 aliphatic rings. The average molecular weight is 351 g/mol. The van der Waals surface area contributed by atoms with Crippen LogP contribution in [0.4, 0.5) is 10.5 Å². The van der Waals surface area contributed by atoms with E-state index in [-0.39, 0.29) is 0 Å². The van der Waals surface area contributed by atoms with Gasteiger partial charge in [-0.25, -0.2) is 9.52 Å². The molecule has 106 valence electrons. The molecule has 0 unspecified atom stereocenters. The van der Waals surface area contributed by atoms with E-state index in [9.17, 15) is 13.2 Å². The van der Waals surface area contributed by atoms with E-state index in [1.165, 1.54) is 0 Å². The summed E-state index contributed by atoms with van der Waals surface area (Å²) in [7, 11) is -4.02. The lowest BCUT2D eigenvalue weighted by molar-refractivity contribution is 0.121. The number of ether oxygens (including phenoxy) is 1. The molecule has 1 aromatic rings. The molecule has 8 heteroatoms. The van der Waals surface area contributed by atoms with Crippen molar-refractivity contribution >= 4 is 37.9 Å². The van der Waals surface area contributed by atoms with Crippen molar-refractivity contribution in [2.24, 2.45) is 0 Å². The van der Waals surface area contributed by atoms with Crippen LogP contribution >= 0.6 is 15.9 Å². The maximum absolute atomic E-state index is 11.7. The van der Waals surface area contributed by atoms with E-state index in [1.807, 2.05) is 13.0 Å². The Balaban J connectivity index is 2.80. The first kappa shape index (κ1) is 15.8. The van der Waals surface area contributed by atoms with Crippen molar-refractivity contribution in [3.63, 3.8) is 0 Å². The summed E-state index contributed by atoms with van der Waals surface area (Å²) in [6.07, 6.45) is -1.42. The van der Waals surface area contributed by atoms with Gasteiger partial charge in [0.25, 0.3) is 0 Å². The molecular weight excluding hydrogens is 336 g/mol. The van der Waals surface area contributed by atoms with Gasteiger partial charge in [-0.3, -0.25) is 4.72 Å². The Kier molecular flexibility index (Phi) is 5.19. The van der Waals surface area contributed by atoms with E-state index < -0.39 is 22.4 Å². The normalized spacial score (nSPS) is 11.2. The number of amides is 1. The zero-order valence-electron chi connectivity index (χ0n) is 10.7. The number of aryl methyl sites for hydroxylation is 1. The summed E-state index contributed by atoms with van der Waals surface area (Å²) >= 11 is 3.27. The Bertz CT molecular complexity index is 572. The highest BCUT2D eigenvalue weighted by molar-refractivity contribution is 9.10. The molecule has 0 bridgehead atoms. The van der Waals surface area contributed by atoms with E-state index in [0.29, 0.717) is 10.2 Å². The molecule has 0 saturated heterocycles. The summed E-state index contributed by atoms with van der Waals surface area (Å²) in [6.45, 7) is 5.07. The Hall–Kier alpha value is -1.28. The molecular formula is C11H15BrN2O4S. The standard InChI is InChI=1S/C11H15BrN2O4S/c1-7(2)18-11(15)14-19(16,17)13-9-6-4-5-8(3)10(9)12/h4-7,13H,1-3H3,(H,14,15). The maximum atomic E-state index is 11.7. The van der Waals surface area contributed by atoms with E-state index in [4.69, 9.17) is 4.74 Å². The molecule has 0 fully saturated rings. The van der Waals surface area contributed by atoms with Crippen molar-refractivity contribution < 1.29 is 17.9 Å². The minimum Gasteiger partial charge on any atom is -0.446 e. The van der Waals surface area contributed by atoms with E-state index >= 15 is 0 Å². The number of rotatable bonds is 4. The number of carbonyl (C=O) groups is 1. The quantitative estimate of drug-likeness (QED) is 0.873. The third-order valence-electron chi connectivity index (χ3n) is 2.00. The molecule has 19 heavy (non-hydrogen) atoms. The molecule has 1 amide bonds. The van der Waals surface area contributed by atoms with Gasteiger partial charge >= 0.3 is 16.3 Å². The van der Waals surface area contributed by atoms with Crippen LogP contribution in [0.1, 0.15) is 19.4 Å². The van der Waals surface area contributed by atoms with Gasteiger partial charge in [0.1, 0.15) is 0 Å². The Morgan fingerprint density at radius 2 is 2.00 bits per heavy atom. The third-order valence-corrected chi connectivity index (χ3v) is 3.97.